The summed E-state index contributed by atoms with van der Waals surface area (Å²) in [6.45, 7) is 2.82. The standard InChI is InChI=1S/C14H14BrFN4O/c1-2-5-17-13-8-18-12(7-19-13)14(21)20-11-6-9(15)3-4-10(11)16/h3-4,6-8H,2,5H2,1H3,(H,17,19)(H,20,21). The first-order valence-corrected chi connectivity index (χ1v) is 7.21. The summed E-state index contributed by atoms with van der Waals surface area (Å²) in [7, 11) is 0. The zero-order valence-corrected chi connectivity index (χ0v) is 12.9. The third kappa shape index (κ3) is 4.22. The average molecular weight is 353 g/mol. The van der Waals surface area contributed by atoms with E-state index in [-0.39, 0.29) is 11.4 Å². The molecule has 2 N–H and O–H groups in total. The maximum Gasteiger partial charge on any atom is 0.275 e. The van der Waals surface area contributed by atoms with Crippen molar-refractivity contribution >= 4 is 33.3 Å². The summed E-state index contributed by atoms with van der Waals surface area (Å²) in [5.74, 6) is -0.427. The van der Waals surface area contributed by atoms with E-state index in [0.29, 0.717) is 10.3 Å². The van der Waals surface area contributed by atoms with Gasteiger partial charge in [-0.15, -0.1) is 0 Å². The number of carbonyl (C=O) groups excluding carboxylic acids is 1. The molecule has 1 heterocycles. The van der Waals surface area contributed by atoms with Crippen molar-refractivity contribution in [1.82, 2.24) is 9.97 Å². The van der Waals surface area contributed by atoms with Gasteiger partial charge in [0.1, 0.15) is 17.3 Å². The largest absolute Gasteiger partial charge is 0.369 e. The van der Waals surface area contributed by atoms with Crippen LogP contribution in [0.25, 0.3) is 0 Å². The maximum absolute atomic E-state index is 13.6. The number of halogens is 2. The minimum atomic E-state index is -0.513. The molecule has 110 valence electrons. The van der Waals surface area contributed by atoms with E-state index in [9.17, 15) is 9.18 Å². The van der Waals surface area contributed by atoms with Crippen LogP contribution in [0.1, 0.15) is 23.8 Å². The quantitative estimate of drug-likeness (QED) is 0.864. The Labute approximate surface area is 130 Å². The fourth-order valence-corrected chi connectivity index (χ4v) is 1.93. The lowest BCUT2D eigenvalue weighted by Crippen LogP contribution is -2.15. The van der Waals surface area contributed by atoms with Gasteiger partial charge in [-0.3, -0.25) is 4.79 Å². The SMILES string of the molecule is CCCNc1cnc(C(=O)Nc2cc(Br)ccc2F)cn1. The van der Waals surface area contributed by atoms with E-state index in [1.165, 1.54) is 24.5 Å². The zero-order chi connectivity index (χ0) is 15.2. The molecule has 0 aliphatic rings. The zero-order valence-electron chi connectivity index (χ0n) is 11.4. The van der Waals surface area contributed by atoms with Crippen LogP contribution in [-0.4, -0.2) is 22.4 Å². The van der Waals surface area contributed by atoms with Crippen LogP contribution in [0.15, 0.2) is 35.1 Å². The number of aromatic nitrogens is 2. The van der Waals surface area contributed by atoms with E-state index in [4.69, 9.17) is 0 Å². The molecule has 0 radical (unpaired) electrons. The minimum Gasteiger partial charge on any atom is -0.369 e. The second-order valence-electron chi connectivity index (χ2n) is 4.29. The van der Waals surface area contributed by atoms with Gasteiger partial charge in [-0.25, -0.2) is 14.4 Å². The number of benzene rings is 1. The first-order chi connectivity index (χ1) is 10.1. The number of anilines is 2. The Morgan fingerprint density at radius 1 is 1.33 bits per heavy atom. The number of rotatable bonds is 5. The first kappa shape index (κ1) is 15.4. The third-order valence-electron chi connectivity index (χ3n) is 2.62. The minimum absolute atomic E-state index is 0.0874. The lowest BCUT2D eigenvalue weighted by molar-refractivity contribution is 0.102. The molecule has 1 amide bonds. The van der Waals surface area contributed by atoms with Crippen molar-refractivity contribution in [2.45, 2.75) is 13.3 Å². The van der Waals surface area contributed by atoms with Crippen molar-refractivity contribution in [3.8, 4) is 0 Å². The van der Waals surface area contributed by atoms with Crippen LogP contribution in [0.5, 0.6) is 0 Å². The maximum atomic E-state index is 13.6. The predicted molar refractivity (Wildman–Crippen MR) is 82.9 cm³/mol. The molecule has 0 unspecified atom stereocenters. The summed E-state index contributed by atoms with van der Waals surface area (Å²) in [6, 6.07) is 4.31. The van der Waals surface area contributed by atoms with Gasteiger partial charge in [0, 0.05) is 11.0 Å². The Kier molecular flexibility index (Phi) is 5.21. The normalized spacial score (nSPS) is 10.2. The second-order valence-corrected chi connectivity index (χ2v) is 5.21. The van der Waals surface area contributed by atoms with Crippen molar-refractivity contribution in [2.24, 2.45) is 0 Å². The molecule has 2 rings (SSSR count). The Hall–Kier alpha value is -2.02. The average Bonchev–Trinajstić information content (AvgIpc) is 2.49. The van der Waals surface area contributed by atoms with Gasteiger partial charge in [-0.2, -0.15) is 0 Å². The number of nitrogens with one attached hydrogen (secondary N) is 2. The van der Waals surface area contributed by atoms with E-state index >= 15 is 0 Å². The van der Waals surface area contributed by atoms with Crippen LogP contribution < -0.4 is 10.6 Å². The van der Waals surface area contributed by atoms with E-state index in [1.54, 1.807) is 6.07 Å². The molecule has 1 aromatic heterocycles. The van der Waals surface area contributed by atoms with Crippen LogP contribution in [0.3, 0.4) is 0 Å². The molecule has 7 heteroatoms. The molecule has 2 aromatic rings. The highest BCUT2D eigenvalue weighted by Gasteiger charge is 2.11. The number of hydrogen-bond acceptors (Lipinski definition) is 4. The van der Waals surface area contributed by atoms with Gasteiger partial charge >= 0.3 is 0 Å². The summed E-state index contributed by atoms with van der Waals surface area (Å²) in [5, 5.41) is 5.52. The molecule has 1 aromatic carbocycles. The van der Waals surface area contributed by atoms with Crippen LogP contribution in [0.4, 0.5) is 15.9 Å². The van der Waals surface area contributed by atoms with E-state index in [2.05, 4.69) is 36.5 Å². The number of amides is 1. The van der Waals surface area contributed by atoms with E-state index in [0.717, 1.165) is 13.0 Å². The molecule has 0 aliphatic carbocycles. The smallest absolute Gasteiger partial charge is 0.275 e. The van der Waals surface area contributed by atoms with Gasteiger partial charge in [0.25, 0.3) is 5.91 Å². The molecule has 0 atom stereocenters. The highest BCUT2D eigenvalue weighted by atomic mass is 79.9. The number of nitrogens with zero attached hydrogens (tertiary/aromatic N) is 2. The molecular weight excluding hydrogens is 339 g/mol. The molecule has 0 saturated heterocycles. The van der Waals surface area contributed by atoms with Crippen molar-refractivity contribution in [3.05, 3.63) is 46.6 Å². The Morgan fingerprint density at radius 2 is 2.14 bits per heavy atom. The monoisotopic (exact) mass is 352 g/mol. The molecule has 0 spiro atoms. The van der Waals surface area contributed by atoms with Crippen molar-refractivity contribution < 1.29 is 9.18 Å². The van der Waals surface area contributed by atoms with Crippen LogP contribution in [-0.2, 0) is 0 Å². The van der Waals surface area contributed by atoms with Crippen LogP contribution in [0, 0.1) is 5.82 Å². The van der Waals surface area contributed by atoms with Gasteiger partial charge < -0.3 is 10.6 Å². The molecule has 5 nitrogen and oxygen atoms in total. The summed E-state index contributed by atoms with van der Waals surface area (Å²) in [4.78, 5) is 20.1. The number of carbonyl (C=O) groups is 1. The molecule has 0 saturated carbocycles. The van der Waals surface area contributed by atoms with E-state index in [1.807, 2.05) is 6.92 Å². The number of hydrogen-bond donors (Lipinski definition) is 2. The molecule has 0 fully saturated rings. The van der Waals surface area contributed by atoms with Gasteiger partial charge in [0.05, 0.1) is 18.1 Å². The fraction of sp³-hybridized carbons (Fsp3) is 0.214. The van der Waals surface area contributed by atoms with Crippen molar-refractivity contribution in [3.63, 3.8) is 0 Å². The molecule has 0 bridgehead atoms. The molecular formula is C14H14BrFN4O. The van der Waals surface area contributed by atoms with Gasteiger partial charge in [-0.05, 0) is 24.6 Å². The third-order valence-corrected chi connectivity index (χ3v) is 3.11. The predicted octanol–water partition coefficient (Wildman–Crippen LogP) is 3.45. The van der Waals surface area contributed by atoms with Gasteiger partial charge in [0.2, 0.25) is 0 Å². The second kappa shape index (κ2) is 7.12. The lowest BCUT2D eigenvalue weighted by atomic mass is 10.3. The summed E-state index contributed by atoms with van der Waals surface area (Å²) >= 11 is 3.22. The highest BCUT2D eigenvalue weighted by molar-refractivity contribution is 9.10. The van der Waals surface area contributed by atoms with Gasteiger partial charge in [0.15, 0.2) is 0 Å². The van der Waals surface area contributed by atoms with Crippen molar-refractivity contribution in [2.75, 3.05) is 17.2 Å². The van der Waals surface area contributed by atoms with Gasteiger partial charge in [-0.1, -0.05) is 22.9 Å². The van der Waals surface area contributed by atoms with E-state index < -0.39 is 11.7 Å². The Bertz CT molecular complexity index is 633. The first-order valence-electron chi connectivity index (χ1n) is 6.42. The summed E-state index contributed by atoms with van der Waals surface area (Å²) in [6.07, 6.45) is 3.79. The van der Waals surface area contributed by atoms with Crippen molar-refractivity contribution in [1.29, 1.82) is 0 Å². The Morgan fingerprint density at radius 3 is 2.81 bits per heavy atom. The summed E-state index contributed by atoms with van der Waals surface area (Å²) < 4.78 is 14.2. The highest BCUT2D eigenvalue weighted by Crippen LogP contribution is 2.20. The topological polar surface area (TPSA) is 66.9 Å². The molecule has 21 heavy (non-hydrogen) atoms. The molecule has 0 aliphatic heterocycles. The summed E-state index contributed by atoms with van der Waals surface area (Å²) in [5.41, 5.74) is 0.209. The lowest BCUT2D eigenvalue weighted by Gasteiger charge is -2.07. The van der Waals surface area contributed by atoms with Crippen LogP contribution >= 0.6 is 15.9 Å². The van der Waals surface area contributed by atoms with Crippen LogP contribution in [0.2, 0.25) is 0 Å². The Balaban J connectivity index is 2.07. The fourth-order valence-electron chi connectivity index (χ4n) is 1.57.